The van der Waals surface area contributed by atoms with Gasteiger partial charge in [-0.05, 0) is 53.3 Å². The molecule has 1 amide bonds. The molecule has 0 saturated carbocycles. The molecule has 6 heteroatoms. The van der Waals surface area contributed by atoms with E-state index in [2.05, 4.69) is 34.0 Å². The number of amides is 1. The van der Waals surface area contributed by atoms with Gasteiger partial charge in [0.2, 0.25) is 0 Å². The van der Waals surface area contributed by atoms with Crippen molar-refractivity contribution in [3.8, 4) is 0 Å². The normalized spacial score (nSPS) is 10.2. The summed E-state index contributed by atoms with van der Waals surface area (Å²) < 4.78 is 1.19. The molecule has 0 heterocycles. The molecule has 0 unspecified atom stereocenters. The van der Waals surface area contributed by atoms with E-state index in [1.54, 1.807) is 0 Å². The summed E-state index contributed by atoms with van der Waals surface area (Å²) in [5.41, 5.74) is 1.19. The molecule has 0 bridgehead atoms. The van der Waals surface area contributed by atoms with E-state index in [-0.39, 0.29) is 6.54 Å². The fourth-order valence-electron chi connectivity index (χ4n) is 1.33. The van der Waals surface area contributed by atoms with Gasteiger partial charge in [-0.3, -0.25) is 5.21 Å². The highest BCUT2D eigenvalue weighted by atomic mass is 127. The Kier molecular flexibility index (Phi) is 6.23. The van der Waals surface area contributed by atoms with Crippen LogP contribution in [0, 0.1) is 3.57 Å². The summed E-state index contributed by atoms with van der Waals surface area (Å²) in [5, 5.41) is 20.8. The van der Waals surface area contributed by atoms with Gasteiger partial charge in [-0.1, -0.05) is 12.1 Å². The number of hydrogen-bond donors (Lipinski definition) is 3. The Morgan fingerprint density at radius 2 is 2.24 bits per heavy atom. The van der Waals surface area contributed by atoms with E-state index in [0.717, 1.165) is 6.54 Å². The molecular weight excluding hydrogens is 335 g/mol. The lowest BCUT2D eigenvalue weighted by Crippen LogP contribution is -2.28. The van der Waals surface area contributed by atoms with Crippen LogP contribution in [-0.2, 0) is 6.54 Å². The van der Waals surface area contributed by atoms with Crippen molar-refractivity contribution >= 4 is 28.7 Å². The summed E-state index contributed by atoms with van der Waals surface area (Å²) >= 11 is 2.26. The average molecular weight is 350 g/mol. The first-order valence-corrected chi connectivity index (χ1v) is 6.32. The first-order valence-electron chi connectivity index (χ1n) is 5.24. The number of nitrogens with one attached hydrogen (secondary N) is 1. The summed E-state index contributed by atoms with van der Waals surface area (Å²) in [5.74, 6) is 0. The van der Waals surface area contributed by atoms with Crippen molar-refractivity contribution in [2.75, 3.05) is 13.1 Å². The molecule has 0 fully saturated rings. The standard InChI is InChI=1S/C11H15IN2O3/c12-10-4-1-3-9(7-10)8-13-5-2-6-14(17)11(15)16/h1,3-4,7,13,17H,2,5-6,8H2,(H,15,16). The summed E-state index contributed by atoms with van der Waals surface area (Å²) in [7, 11) is 0. The van der Waals surface area contributed by atoms with Gasteiger partial charge < -0.3 is 10.4 Å². The molecule has 1 aromatic rings. The zero-order valence-electron chi connectivity index (χ0n) is 9.27. The van der Waals surface area contributed by atoms with E-state index in [1.807, 2.05) is 18.2 Å². The van der Waals surface area contributed by atoms with Crippen molar-refractivity contribution in [1.82, 2.24) is 10.4 Å². The fourth-order valence-corrected chi connectivity index (χ4v) is 1.94. The third kappa shape index (κ3) is 5.85. The summed E-state index contributed by atoms with van der Waals surface area (Å²) in [6.45, 7) is 1.53. The predicted octanol–water partition coefficient (Wildman–Crippen LogP) is 2.14. The first kappa shape index (κ1) is 14.2. The van der Waals surface area contributed by atoms with Crippen LogP contribution in [0.5, 0.6) is 0 Å². The van der Waals surface area contributed by atoms with E-state index in [9.17, 15) is 4.79 Å². The fraction of sp³-hybridized carbons (Fsp3) is 0.364. The van der Waals surface area contributed by atoms with Crippen LogP contribution < -0.4 is 5.32 Å². The molecule has 1 aromatic carbocycles. The first-order chi connectivity index (χ1) is 8.09. The second kappa shape index (κ2) is 7.46. The number of rotatable bonds is 6. The molecular formula is C11H15IN2O3. The Labute approximate surface area is 114 Å². The third-order valence-electron chi connectivity index (χ3n) is 2.16. The van der Waals surface area contributed by atoms with E-state index in [4.69, 9.17) is 10.3 Å². The van der Waals surface area contributed by atoms with Gasteiger partial charge in [0, 0.05) is 10.1 Å². The number of benzene rings is 1. The highest BCUT2D eigenvalue weighted by molar-refractivity contribution is 14.1. The summed E-state index contributed by atoms with van der Waals surface area (Å²) in [6, 6.07) is 8.15. The molecule has 17 heavy (non-hydrogen) atoms. The zero-order chi connectivity index (χ0) is 12.7. The van der Waals surface area contributed by atoms with Crippen molar-refractivity contribution < 1.29 is 15.1 Å². The van der Waals surface area contributed by atoms with Crippen LogP contribution in [-0.4, -0.2) is 34.6 Å². The number of carboxylic acid groups (broad SMARTS) is 1. The van der Waals surface area contributed by atoms with E-state index < -0.39 is 6.09 Å². The van der Waals surface area contributed by atoms with E-state index in [1.165, 1.54) is 9.13 Å². The van der Waals surface area contributed by atoms with Crippen LogP contribution in [0.1, 0.15) is 12.0 Å². The monoisotopic (exact) mass is 350 g/mol. The second-order valence-corrected chi connectivity index (χ2v) is 4.81. The van der Waals surface area contributed by atoms with Crippen molar-refractivity contribution in [3.63, 3.8) is 0 Å². The maximum atomic E-state index is 10.3. The van der Waals surface area contributed by atoms with Gasteiger partial charge in [-0.2, -0.15) is 5.06 Å². The van der Waals surface area contributed by atoms with Crippen molar-refractivity contribution in [3.05, 3.63) is 33.4 Å². The van der Waals surface area contributed by atoms with Crippen molar-refractivity contribution in [2.45, 2.75) is 13.0 Å². The minimum absolute atomic E-state index is 0.120. The topological polar surface area (TPSA) is 72.8 Å². The zero-order valence-corrected chi connectivity index (χ0v) is 11.4. The van der Waals surface area contributed by atoms with Gasteiger partial charge in [0.1, 0.15) is 0 Å². The molecule has 94 valence electrons. The molecule has 1 rings (SSSR count). The number of hydroxylamine groups is 2. The van der Waals surface area contributed by atoms with Crippen molar-refractivity contribution in [2.24, 2.45) is 0 Å². The number of hydrogen-bond acceptors (Lipinski definition) is 3. The van der Waals surface area contributed by atoms with Gasteiger partial charge in [-0.25, -0.2) is 4.79 Å². The van der Waals surface area contributed by atoms with Crippen LogP contribution >= 0.6 is 22.6 Å². The molecule has 3 N–H and O–H groups in total. The minimum atomic E-state index is -1.32. The Morgan fingerprint density at radius 1 is 1.47 bits per heavy atom. The molecule has 0 saturated heterocycles. The lowest BCUT2D eigenvalue weighted by Gasteiger charge is -2.10. The summed E-state index contributed by atoms with van der Waals surface area (Å²) in [4.78, 5) is 10.3. The maximum absolute atomic E-state index is 10.3. The van der Waals surface area contributed by atoms with E-state index in [0.29, 0.717) is 18.0 Å². The highest BCUT2D eigenvalue weighted by Crippen LogP contribution is 2.07. The molecule has 0 spiro atoms. The Balaban J connectivity index is 2.14. The lowest BCUT2D eigenvalue weighted by atomic mass is 10.2. The lowest BCUT2D eigenvalue weighted by molar-refractivity contribution is -0.0640. The molecule has 0 aliphatic rings. The van der Waals surface area contributed by atoms with Crippen LogP contribution in [0.2, 0.25) is 0 Å². The largest absolute Gasteiger partial charge is 0.463 e. The Morgan fingerprint density at radius 3 is 2.88 bits per heavy atom. The quantitative estimate of drug-likeness (QED) is 0.318. The smallest absolute Gasteiger partial charge is 0.431 e. The van der Waals surface area contributed by atoms with Crippen molar-refractivity contribution in [1.29, 1.82) is 0 Å². The Bertz CT molecular complexity index is 373. The highest BCUT2D eigenvalue weighted by Gasteiger charge is 2.05. The van der Waals surface area contributed by atoms with Gasteiger partial charge in [0.05, 0.1) is 6.54 Å². The van der Waals surface area contributed by atoms with Crippen LogP contribution in [0.3, 0.4) is 0 Å². The van der Waals surface area contributed by atoms with Gasteiger partial charge in [0.15, 0.2) is 0 Å². The second-order valence-electron chi connectivity index (χ2n) is 3.57. The minimum Gasteiger partial charge on any atom is -0.463 e. The molecule has 0 aromatic heterocycles. The number of carbonyl (C=O) groups is 1. The van der Waals surface area contributed by atoms with Gasteiger partial charge in [-0.15, -0.1) is 0 Å². The van der Waals surface area contributed by atoms with E-state index >= 15 is 0 Å². The van der Waals surface area contributed by atoms with Crippen LogP contribution in [0.15, 0.2) is 24.3 Å². The predicted molar refractivity (Wildman–Crippen MR) is 72.0 cm³/mol. The van der Waals surface area contributed by atoms with Gasteiger partial charge in [0.25, 0.3) is 0 Å². The van der Waals surface area contributed by atoms with Crippen LogP contribution in [0.25, 0.3) is 0 Å². The SMILES string of the molecule is O=C(O)N(O)CCCNCc1cccc(I)c1. The number of nitrogens with zero attached hydrogens (tertiary/aromatic N) is 1. The Hall–Kier alpha value is -0.860. The van der Waals surface area contributed by atoms with Gasteiger partial charge >= 0.3 is 6.09 Å². The number of halogens is 1. The summed E-state index contributed by atoms with van der Waals surface area (Å²) in [6.07, 6.45) is -0.741. The molecule has 0 radical (unpaired) electrons. The maximum Gasteiger partial charge on any atom is 0.431 e. The molecule has 0 atom stereocenters. The third-order valence-corrected chi connectivity index (χ3v) is 2.83. The molecule has 0 aliphatic heterocycles. The molecule has 0 aliphatic carbocycles. The average Bonchev–Trinajstić information content (AvgIpc) is 2.28. The van der Waals surface area contributed by atoms with Crippen LogP contribution in [0.4, 0.5) is 4.79 Å². The molecule has 5 nitrogen and oxygen atoms in total.